The molecule has 118 valence electrons. The zero-order chi connectivity index (χ0) is 15.8. The van der Waals surface area contributed by atoms with E-state index >= 15 is 0 Å². The van der Waals surface area contributed by atoms with Gasteiger partial charge in [-0.15, -0.1) is 0 Å². The van der Waals surface area contributed by atoms with E-state index in [9.17, 15) is 18.0 Å². The molecule has 21 heavy (non-hydrogen) atoms. The van der Waals surface area contributed by atoms with Gasteiger partial charge < -0.3 is 9.88 Å². The molecule has 2 rings (SSSR count). The normalized spacial score (nSPS) is 20.0. The molecule has 1 fully saturated rings. The first-order chi connectivity index (χ1) is 9.80. The number of rotatable bonds is 4. The van der Waals surface area contributed by atoms with Crippen LogP contribution in [0, 0.1) is 0 Å². The van der Waals surface area contributed by atoms with Crippen LogP contribution >= 0.6 is 0 Å². The fourth-order valence-corrected chi connectivity index (χ4v) is 4.49. The van der Waals surface area contributed by atoms with Crippen LogP contribution in [0.25, 0.3) is 0 Å². The van der Waals surface area contributed by atoms with Crippen molar-refractivity contribution in [3.63, 3.8) is 0 Å². The van der Waals surface area contributed by atoms with Crippen LogP contribution in [0.2, 0.25) is 0 Å². The van der Waals surface area contributed by atoms with Crippen LogP contribution in [0.4, 0.5) is 0 Å². The molecule has 0 spiro atoms. The minimum atomic E-state index is -3.90. The highest BCUT2D eigenvalue weighted by Gasteiger charge is 2.36. The average Bonchev–Trinajstić information content (AvgIpc) is 2.90. The molecule has 1 aliphatic rings. The lowest BCUT2D eigenvalue weighted by atomic mass is 10.2. The van der Waals surface area contributed by atoms with Gasteiger partial charge in [0.25, 0.3) is 5.56 Å². The summed E-state index contributed by atoms with van der Waals surface area (Å²) in [5, 5.41) is 2.97. The van der Waals surface area contributed by atoms with E-state index in [-0.39, 0.29) is 10.9 Å². The largest absolute Gasteiger partial charge is 0.330 e. The summed E-state index contributed by atoms with van der Waals surface area (Å²) in [7, 11) is 0.559. The van der Waals surface area contributed by atoms with Crippen LogP contribution in [0.15, 0.2) is 20.7 Å². The first-order valence-electron chi connectivity index (χ1n) is 6.73. The maximum atomic E-state index is 12.7. The maximum absolute atomic E-state index is 12.7. The first-order valence-corrected chi connectivity index (χ1v) is 8.17. The van der Waals surface area contributed by atoms with Crippen LogP contribution in [-0.4, -0.2) is 48.0 Å². The second-order valence-corrected chi connectivity index (χ2v) is 7.08. The summed E-state index contributed by atoms with van der Waals surface area (Å²) in [6.45, 7) is 0.923. The number of likely N-dealkylation sites (N-methyl/N-ethyl adjacent to an activating group) is 1. The van der Waals surface area contributed by atoms with Gasteiger partial charge in [-0.25, -0.2) is 13.2 Å². The van der Waals surface area contributed by atoms with Crippen LogP contribution in [0.3, 0.4) is 0 Å². The minimum absolute atomic E-state index is 0.165. The highest BCUT2D eigenvalue weighted by Crippen LogP contribution is 2.23. The summed E-state index contributed by atoms with van der Waals surface area (Å²) in [4.78, 5) is 23.5. The Morgan fingerprint density at radius 1 is 1.33 bits per heavy atom. The molecule has 8 nitrogen and oxygen atoms in total. The Morgan fingerprint density at radius 3 is 2.62 bits per heavy atom. The van der Waals surface area contributed by atoms with E-state index in [1.165, 1.54) is 18.4 Å². The number of hydrogen-bond acceptors (Lipinski definition) is 5. The molecule has 0 amide bonds. The highest BCUT2D eigenvalue weighted by molar-refractivity contribution is 7.89. The molecule has 0 radical (unpaired) electrons. The number of aromatic nitrogens is 2. The second kappa shape index (κ2) is 5.74. The van der Waals surface area contributed by atoms with Crippen molar-refractivity contribution < 1.29 is 8.42 Å². The van der Waals surface area contributed by atoms with Gasteiger partial charge in [-0.05, 0) is 19.9 Å². The lowest BCUT2D eigenvalue weighted by Gasteiger charge is -2.23. The Morgan fingerprint density at radius 2 is 2.00 bits per heavy atom. The van der Waals surface area contributed by atoms with E-state index in [0.29, 0.717) is 13.1 Å². The number of sulfonamides is 1. The molecule has 0 bridgehead atoms. The fourth-order valence-electron chi connectivity index (χ4n) is 2.64. The van der Waals surface area contributed by atoms with E-state index in [1.807, 2.05) is 0 Å². The number of nitrogens with one attached hydrogen (secondary N) is 1. The number of nitrogens with zero attached hydrogens (tertiary/aromatic N) is 3. The van der Waals surface area contributed by atoms with Crippen LogP contribution in [0.1, 0.15) is 12.8 Å². The van der Waals surface area contributed by atoms with Crippen molar-refractivity contribution in [2.45, 2.75) is 23.8 Å². The molecule has 9 heteroatoms. The Kier molecular flexibility index (Phi) is 4.35. The van der Waals surface area contributed by atoms with Gasteiger partial charge in [-0.1, -0.05) is 0 Å². The van der Waals surface area contributed by atoms with Gasteiger partial charge in [0, 0.05) is 39.4 Å². The summed E-state index contributed by atoms with van der Waals surface area (Å²) in [6.07, 6.45) is 2.62. The van der Waals surface area contributed by atoms with Gasteiger partial charge in [0.05, 0.1) is 0 Å². The van der Waals surface area contributed by atoms with Gasteiger partial charge in [-0.2, -0.15) is 4.31 Å². The van der Waals surface area contributed by atoms with E-state index in [0.717, 1.165) is 28.2 Å². The number of aryl methyl sites for hydroxylation is 1. The summed E-state index contributed by atoms with van der Waals surface area (Å²) >= 11 is 0. The lowest BCUT2D eigenvalue weighted by Crippen LogP contribution is -2.45. The molecular formula is C12H20N4O4S. The molecule has 1 N–H and O–H groups in total. The smallest absolute Gasteiger partial charge is 0.318 e. The molecule has 1 aliphatic heterocycles. The lowest BCUT2D eigenvalue weighted by molar-refractivity contribution is 0.377. The van der Waals surface area contributed by atoms with Gasteiger partial charge in [-0.3, -0.25) is 9.36 Å². The zero-order valence-electron chi connectivity index (χ0n) is 12.4. The van der Waals surface area contributed by atoms with Crippen molar-refractivity contribution in [3.8, 4) is 0 Å². The van der Waals surface area contributed by atoms with Crippen molar-refractivity contribution in [3.05, 3.63) is 27.0 Å². The summed E-state index contributed by atoms with van der Waals surface area (Å²) in [5.41, 5.74) is -1.33. The molecule has 0 saturated carbocycles. The SMILES string of the molecule is CNC[C@H]1CCCN1S(=O)(=O)c1cn(C)c(=O)n(C)c1=O. The molecule has 1 atom stereocenters. The number of hydrogen-bond donors (Lipinski definition) is 1. The quantitative estimate of drug-likeness (QED) is 0.726. The van der Waals surface area contributed by atoms with E-state index in [2.05, 4.69) is 5.32 Å². The third-order valence-corrected chi connectivity index (χ3v) is 5.70. The van der Waals surface area contributed by atoms with Crippen LogP contribution in [-0.2, 0) is 24.1 Å². The van der Waals surface area contributed by atoms with E-state index in [4.69, 9.17) is 0 Å². The molecule has 2 heterocycles. The second-order valence-electron chi connectivity index (χ2n) is 5.22. The predicted octanol–water partition coefficient (Wildman–Crippen LogP) is -1.54. The molecule has 1 saturated heterocycles. The Bertz CT molecular complexity index is 750. The minimum Gasteiger partial charge on any atom is -0.318 e. The van der Waals surface area contributed by atoms with Crippen molar-refractivity contribution in [1.29, 1.82) is 0 Å². The molecule has 0 aromatic carbocycles. The predicted molar refractivity (Wildman–Crippen MR) is 77.8 cm³/mol. The van der Waals surface area contributed by atoms with Crippen molar-refractivity contribution >= 4 is 10.0 Å². The third kappa shape index (κ3) is 2.68. The van der Waals surface area contributed by atoms with Gasteiger partial charge in [0.2, 0.25) is 10.0 Å². The van der Waals surface area contributed by atoms with Gasteiger partial charge in [0.15, 0.2) is 4.90 Å². The van der Waals surface area contributed by atoms with Gasteiger partial charge >= 0.3 is 5.69 Å². The first kappa shape index (κ1) is 15.9. The molecule has 1 aromatic rings. The fraction of sp³-hybridized carbons (Fsp3) is 0.667. The van der Waals surface area contributed by atoms with Crippen molar-refractivity contribution in [2.24, 2.45) is 14.1 Å². The summed E-state index contributed by atoms with van der Waals surface area (Å²) in [5.74, 6) is 0. The molecular weight excluding hydrogens is 296 g/mol. The van der Waals surface area contributed by atoms with Crippen molar-refractivity contribution in [1.82, 2.24) is 18.8 Å². The van der Waals surface area contributed by atoms with Crippen LogP contribution < -0.4 is 16.6 Å². The monoisotopic (exact) mass is 316 g/mol. The van der Waals surface area contributed by atoms with Crippen molar-refractivity contribution in [2.75, 3.05) is 20.1 Å². The Hall–Kier alpha value is -1.45. The van der Waals surface area contributed by atoms with Crippen LogP contribution in [0.5, 0.6) is 0 Å². The third-order valence-electron chi connectivity index (χ3n) is 3.76. The maximum Gasteiger partial charge on any atom is 0.330 e. The van der Waals surface area contributed by atoms with Gasteiger partial charge in [0.1, 0.15) is 0 Å². The Balaban J connectivity index is 2.55. The van der Waals surface area contributed by atoms with E-state index in [1.54, 1.807) is 7.05 Å². The summed E-state index contributed by atoms with van der Waals surface area (Å²) < 4.78 is 28.7. The molecule has 1 aromatic heterocycles. The molecule has 0 unspecified atom stereocenters. The Labute approximate surface area is 123 Å². The topological polar surface area (TPSA) is 93.4 Å². The zero-order valence-corrected chi connectivity index (χ0v) is 13.2. The molecule has 0 aliphatic carbocycles. The van der Waals surface area contributed by atoms with E-state index < -0.39 is 21.3 Å². The standard InChI is InChI=1S/C12H20N4O4S/c1-13-7-9-5-4-6-16(9)21(19,20)10-8-14(2)12(18)15(3)11(10)17/h8-9,13H,4-7H2,1-3H3/t9-/m1/s1. The average molecular weight is 316 g/mol. The summed E-state index contributed by atoms with van der Waals surface area (Å²) in [6, 6.07) is -0.165. The highest BCUT2D eigenvalue weighted by atomic mass is 32.2.